The normalized spacial score (nSPS) is 15.0. The van der Waals surface area contributed by atoms with Crippen LogP contribution in [-0.2, 0) is 16.4 Å². The van der Waals surface area contributed by atoms with E-state index in [2.05, 4.69) is 29.0 Å². The Morgan fingerprint density at radius 3 is 2.32 bits per heavy atom. The van der Waals surface area contributed by atoms with E-state index in [1.165, 1.54) is 16.9 Å². The van der Waals surface area contributed by atoms with Crippen molar-refractivity contribution in [2.24, 2.45) is 5.92 Å². The van der Waals surface area contributed by atoms with E-state index in [4.69, 9.17) is 0 Å². The van der Waals surface area contributed by atoms with Crippen LogP contribution >= 0.6 is 11.3 Å². The van der Waals surface area contributed by atoms with Crippen LogP contribution in [0.25, 0.3) is 0 Å². The second-order valence-corrected chi connectivity index (χ2v) is 10.7. The summed E-state index contributed by atoms with van der Waals surface area (Å²) in [7, 11) is -3.58. The monoisotopic (exact) mass is 454 g/mol. The number of carbonyl (C=O) groups excluding carboxylic acids is 1. The van der Waals surface area contributed by atoms with Gasteiger partial charge in [-0.15, -0.1) is 11.3 Å². The highest BCUT2D eigenvalue weighted by atomic mass is 32.2. The van der Waals surface area contributed by atoms with E-state index in [0.29, 0.717) is 17.2 Å². The fraction of sp³-hybridized carbons (Fsp3) is 0.292. The number of hydrogen-bond donors (Lipinski definition) is 1. The molecule has 1 N–H and O–H groups in total. The van der Waals surface area contributed by atoms with Gasteiger partial charge in [0.2, 0.25) is 0 Å². The summed E-state index contributed by atoms with van der Waals surface area (Å²) < 4.78 is 27.5. The molecule has 31 heavy (non-hydrogen) atoms. The molecule has 162 valence electrons. The highest BCUT2D eigenvalue weighted by Gasteiger charge is 2.23. The zero-order valence-corrected chi connectivity index (χ0v) is 18.9. The van der Waals surface area contributed by atoms with Crippen molar-refractivity contribution in [3.63, 3.8) is 0 Å². The topological polar surface area (TPSA) is 66.5 Å². The minimum atomic E-state index is -3.58. The van der Waals surface area contributed by atoms with Gasteiger partial charge in [-0.1, -0.05) is 36.4 Å². The van der Waals surface area contributed by atoms with E-state index in [-0.39, 0.29) is 10.1 Å². The van der Waals surface area contributed by atoms with Gasteiger partial charge in [-0.3, -0.25) is 9.52 Å². The molecule has 5 nitrogen and oxygen atoms in total. The van der Waals surface area contributed by atoms with Crippen molar-refractivity contribution in [2.75, 3.05) is 17.8 Å². The summed E-state index contributed by atoms with van der Waals surface area (Å²) in [6.07, 6.45) is 4.29. The average molecular weight is 455 g/mol. The number of hydrogen-bond acceptors (Lipinski definition) is 4. The maximum Gasteiger partial charge on any atom is 0.271 e. The van der Waals surface area contributed by atoms with Crippen molar-refractivity contribution < 1.29 is 13.2 Å². The van der Waals surface area contributed by atoms with Gasteiger partial charge in [0.05, 0.1) is 0 Å². The van der Waals surface area contributed by atoms with Gasteiger partial charge in [0.1, 0.15) is 4.21 Å². The molecular formula is C24H26N2O3S2. The molecule has 1 aliphatic heterocycles. The number of sulfonamides is 1. The van der Waals surface area contributed by atoms with E-state index >= 15 is 0 Å². The predicted octanol–water partition coefficient (Wildman–Crippen LogP) is 5.03. The lowest BCUT2D eigenvalue weighted by molar-refractivity contribution is 0.0687. The minimum Gasteiger partial charge on any atom is -0.339 e. The molecule has 0 spiro atoms. The van der Waals surface area contributed by atoms with E-state index in [0.717, 1.165) is 38.8 Å². The Balaban J connectivity index is 1.29. The highest BCUT2D eigenvalue weighted by Crippen LogP contribution is 2.25. The molecule has 0 bridgehead atoms. The van der Waals surface area contributed by atoms with Crippen LogP contribution in [0, 0.1) is 5.92 Å². The molecule has 1 saturated heterocycles. The molecule has 0 unspecified atom stereocenters. The lowest BCUT2D eigenvalue weighted by atomic mass is 9.90. The molecule has 0 saturated carbocycles. The Kier molecular flexibility index (Phi) is 6.73. The molecule has 2 aromatic carbocycles. The van der Waals surface area contributed by atoms with Crippen LogP contribution in [0.15, 0.2) is 76.3 Å². The largest absolute Gasteiger partial charge is 0.339 e. The Morgan fingerprint density at radius 1 is 0.968 bits per heavy atom. The SMILES string of the molecule is O=C(c1ccc(NS(=O)(=O)c2cccs2)cc1)N1CCC(CCc2ccccc2)CC1. The van der Waals surface area contributed by atoms with Gasteiger partial charge in [-0.2, -0.15) is 0 Å². The predicted molar refractivity (Wildman–Crippen MR) is 125 cm³/mol. The van der Waals surface area contributed by atoms with Crippen molar-refractivity contribution >= 4 is 33.0 Å². The summed E-state index contributed by atoms with van der Waals surface area (Å²) in [5.74, 6) is 0.660. The van der Waals surface area contributed by atoms with Gasteiger partial charge in [0.15, 0.2) is 0 Å². The molecule has 1 amide bonds. The Hall–Kier alpha value is -2.64. The number of likely N-dealkylation sites (tertiary alicyclic amines) is 1. The fourth-order valence-electron chi connectivity index (χ4n) is 3.93. The summed E-state index contributed by atoms with van der Waals surface area (Å²) in [5.41, 5.74) is 2.40. The summed E-state index contributed by atoms with van der Waals surface area (Å²) in [6.45, 7) is 1.54. The zero-order chi connectivity index (χ0) is 21.7. The number of anilines is 1. The molecule has 2 heterocycles. The molecule has 1 fully saturated rings. The van der Waals surface area contributed by atoms with Crippen LogP contribution in [0.2, 0.25) is 0 Å². The molecule has 0 radical (unpaired) electrons. The number of rotatable bonds is 7. The minimum absolute atomic E-state index is 0.00849. The van der Waals surface area contributed by atoms with Crippen molar-refractivity contribution in [1.82, 2.24) is 4.90 Å². The van der Waals surface area contributed by atoms with Crippen molar-refractivity contribution in [1.29, 1.82) is 0 Å². The molecule has 7 heteroatoms. The van der Waals surface area contributed by atoms with Gasteiger partial charge in [0, 0.05) is 24.3 Å². The van der Waals surface area contributed by atoms with Crippen LogP contribution < -0.4 is 4.72 Å². The number of thiophene rings is 1. The molecule has 4 rings (SSSR count). The molecule has 0 aliphatic carbocycles. The van der Waals surface area contributed by atoms with E-state index < -0.39 is 10.0 Å². The first-order valence-corrected chi connectivity index (χ1v) is 12.9. The summed E-state index contributed by atoms with van der Waals surface area (Å²) in [4.78, 5) is 14.8. The second-order valence-electron chi connectivity index (χ2n) is 7.87. The quantitative estimate of drug-likeness (QED) is 0.544. The van der Waals surface area contributed by atoms with Gasteiger partial charge in [0.25, 0.3) is 15.9 Å². The third kappa shape index (κ3) is 5.54. The van der Waals surface area contributed by atoms with Crippen LogP contribution in [-0.4, -0.2) is 32.3 Å². The summed E-state index contributed by atoms with van der Waals surface area (Å²) in [6, 6.07) is 20.5. The Bertz CT molecular complexity index is 1090. The molecule has 1 aliphatic rings. The lowest BCUT2D eigenvalue weighted by Crippen LogP contribution is -2.38. The highest BCUT2D eigenvalue weighted by molar-refractivity contribution is 7.94. The number of nitrogens with one attached hydrogen (secondary N) is 1. The number of carbonyl (C=O) groups is 1. The number of aryl methyl sites for hydroxylation is 1. The van der Waals surface area contributed by atoms with Gasteiger partial charge >= 0.3 is 0 Å². The number of piperidine rings is 1. The van der Waals surface area contributed by atoms with Gasteiger partial charge in [-0.05, 0) is 72.9 Å². The van der Waals surface area contributed by atoms with Crippen molar-refractivity contribution in [3.8, 4) is 0 Å². The Labute approximate surface area is 187 Å². The van der Waals surface area contributed by atoms with Crippen molar-refractivity contribution in [2.45, 2.75) is 29.9 Å². The number of nitrogens with zero attached hydrogens (tertiary/aromatic N) is 1. The first-order chi connectivity index (χ1) is 15.0. The summed E-state index contributed by atoms with van der Waals surface area (Å²) >= 11 is 1.17. The van der Waals surface area contributed by atoms with Gasteiger partial charge in [-0.25, -0.2) is 8.42 Å². The zero-order valence-electron chi connectivity index (χ0n) is 17.2. The second kappa shape index (κ2) is 9.66. The standard InChI is InChI=1S/C24H26N2O3S2/c27-24(26-16-14-20(15-17-26)9-8-19-5-2-1-3-6-19)21-10-12-22(13-11-21)25-31(28,29)23-7-4-18-30-23/h1-7,10-13,18,20,25H,8-9,14-17H2. The maximum atomic E-state index is 12.9. The van der Waals surface area contributed by atoms with Crippen LogP contribution in [0.1, 0.15) is 35.2 Å². The molecule has 1 aromatic heterocycles. The number of amides is 1. The number of benzene rings is 2. The van der Waals surface area contributed by atoms with E-state index in [9.17, 15) is 13.2 Å². The first kappa shape index (κ1) is 21.6. The van der Waals surface area contributed by atoms with Crippen LogP contribution in [0.3, 0.4) is 0 Å². The summed E-state index contributed by atoms with van der Waals surface area (Å²) in [5, 5.41) is 1.72. The maximum absolute atomic E-state index is 12.9. The smallest absolute Gasteiger partial charge is 0.271 e. The van der Waals surface area contributed by atoms with Crippen LogP contribution in [0.4, 0.5) is 5.69 Å². The van der Waals surface area contributed by atoms with E-state index in [1.54, 1.807) is 41.8 Å². The first-order valence-electron chi connectivity index (χ1n) is 10.5. The van der Waals surface area contributed by atoms with Crippen molar-refractivity contribution in [3.05, 3.63) is 83.2 Å². The third-order valence-corrected chi connectivity index (χ3v) is 8.51. The van der Waals surface area contributed by atoms with Gasteiger partial charge < -0.3 is 4.90 Å². The molecule has 0 atom stereocenters. The third-order valence-electron chi connectivity index (χ3n) is 5.73. The molecular weight excluding hydrogens is 428 g/mol. The van der Waals surface area contributed by atoms with E-state index in [1.807, 2.05) is 11.0 Å². The fourth-order valence-corrected chi connectivity index (χ4v) is 5.98. The van der Waals surface area contributed by atoms with Crippen LogP contribution in [0.5, 0.6) is 0 Å². The Morgan fingerprint density at radius 2 is 1.68 bits per heavy atom. The average Bonchev–Trinajstić information content (AvgIpc) is 3.35. The molecule has 3 aromatic rings. The lowest BCUT2D eigenvalue weighted by Gasteiger charge is -2.32.